The molecule has 1 rings (SSSR count). The predicted molar refractivity (Wildman–Crippen MR) is 72.9 cm³/mol. The normalized spacial score (nSPS) is 13.2. The molecule has 0 aliphatic heterocycles. The lowest BCUT2D eigenvalue weighted by molar-refractivity contribution is 0.371. The molecule has 0 saturated carbocycles. The van der Waals surface area contributed by atoms with Gasteiger partial charge in [-0.05, 0) is 25.3 Å². The molecule has 0 aliphatic carbocycles. The van der Waals surface area contributed by atoms with Crippen LogP contribution in [0.3, 0.4) is 0 Å². The lowest BCUT2D eigenvalue weighted by Gasteiger charge is -2.22. The summed E-state index contributed by atoms with van der Waals surface area (Å²) in [5.41, 5.74) is 1.33. The number of hydrogen-bond acceptors (Lipinski definition) is 2. The zero-order valence-corrected chi connectivity index (χ0v) is 11.7. The zero-order valence-electron chi connectivity index (χ0n) is 11.7. The minimum Gasteiger partial charge on any atom is -0.310 e. The van der Waals surface area contributed by atoms with Crippen LogP contribution in [0.4, 0.5) is 0 Å². The first kappa shape index (κ1) is 14.2. The van der Waals surface area contributed by atoms with E-state index in [9.17, 15) is 0 Å². The predicted octanol–water partition coefficient (Wildman–Crippen LogP) is 3.29. The van der Waals surface area contributed by atoms with E-state index in [4.69, 9.17) is 0 Å². The minimum atomic E-state index is 0.466. The molecule has 1 unspecified atom stereocenters. The van der Waals surface area contributed by atoms with Crippen molar-refractivity contribution in [2.24, 2.45) is 13.0 Å². The van der Waals surface area contributed by atoms with E-state index >= 15 is 0 Å². The standard InChI is InChI=1S/C14H27N3/c1-5-8-15-14(9-12(6-2)7-3)13-10-16-17(4)11-13/h10-12,14-15H,5-9H2,1-4H3. The van der Waals surface area contributed by atoms with Crippen molar-refractivity contribution in [3.8, 4) is 0 Å². The maximum Gasteiger partial charge on any atom is 0.0537 e. The zero-order chi connectivity index (χ0) is 12.7. The molecule has 1 N–H and O–H groups in total. The largest absolute Gasteiger partial charge is 0.310 e. The summed E-state index contributed by atoms with van der Waals surface area (Å²) < 4.78 is 1.89. The van der Waals surface area contributed by atoms with Gasteiger partial charge in [-0.25, -0.2) is 0 Å². The fourth-order valence-electron chi connectivity index (χ4n) is 2.23. The lowest BCUT2D eigenvalue weighted by Crippen LogP contribution is -2.24. The Balaban J connectivity index is 2.66. The van der Waals surface area contributed by atoms with Crippen molar-refractivity contribution in [2.75, 3.05) is 6.54 Å². The van der Waals surface area contributed by atoms with E-state index in [1.54, 1.807) is 0 Å². The van der Waals surface area contributed by atoms with E-state index < -0.39 is 0 Å². The molecule has 98 valence electrons. The second-order valence-corrected chi connectivity index (χ2v) is 4.87. The highest BCUT2D eigenvalue weighted by molar-refractivity contribution is 5.10. The van der Waals surface area contributed by atoms with Crippen molar-refractivity contribution in [3.05, 3.63) is 18.0 Å². The second-order valence-electron chi connectivity index (χ2n) is 4.87. The Morgan fingerprint density at radius 2 is 2.00 bits per heavy atom. The Morgan fingerprint density at radius 1 is 1.29 bits per heavy atom. The van der Waals surface area contributed by atoms with Crippen molar-refractivity contribution in [2.45, 2.75) is 52.5 Å². The van der Waals surface area contributed by atoms with E-state index in [-0.39, 0.29) is 0 Å². The van der Waals surface area contributed by atoms with E-state index in [2.05, 4.69) is 37.4 Å². The van der Waals surface area contributed by atoms with Crippen LogP contribution >= 0.6 is 0 Å². The molecular formula is C14H27N3. The Morgan fingerprint density at radius 3 is 2.47 bits per heavy atom. The first-order chi connectivity index (χ1) is 8.21. The monoisotopic (exact) mass is 237 g/mol. The summed E-state index contributed by atoms with van der Waals surface area (Å²) in [4.78, 5) is 0. The van der Waals surface area contributed by atoms with Gasteiger partial charge in [-0.15, -0.1) is 0 Å². The first-order valence-electron chi connectivity index (χ1n) is 6.93. The quantitative estimate of drug-likeness (QED) is 0.752. The third-order valence-corrected chi connectivity index (χ3v) is 3.49. The highest BCUT2D eigenvalue weighted by Gasteiger charge is 2.16. The summed E-state index contributed by atoms with van der Waals surface area (Å²) in [5, 5.41) is 7.93. The van der Waals surface area contributed by atoms with E-state index in [0.29, 0.717) is 6.04 Å². The molecule has 1 heterocycles. The summed E-state index contributed by atoms with van der Waals surface area (Å²) in [6.45, 7) is 7.87. The number of nitrogens with zero attached hydrogens (tertiary/aromatic N) is 2. The molecule has 0 radical (unpaired) electrons. The van der Waals surface area contributed by atoms with E-state index in [1.807, 2.05) is 17.9 Å². The van der Waals surface area contributed by atoms with Crippen LogP contribution in [-0.4, -0.2) is 16.3 Å². The Labute approximate surface area is 106 Å². The Bertz CT molecular complexity index is 302. The van der Waals surface area contributed by atoms with Crippen LogP contribution < -0.4 is 5.32 Å². The number of aromatic nitrogens is 2. The van der Waals surface area contributed by atoms with Gasteiger partial charge in [0.1, 0.15) is 0 Å². The van der Waals surface area contributed by atoms with Gasteiger partial charge in [0.05, 0.1) is 6.20 Å². The molecule has 0 saturated heterocycles. The molecule has 17 heavy (non-hydrogen) atoms. The SMILES string of the molecule is CCCNC(CC(CC)CC)c1cnn(C)c1. The van der Waals surface area contributed by atoms with Gasteiger partial charge >= 0.3 is 0 Å². The minimum absolute atomic E-state index is 0.466. The maximum absolute atomic E-state index is 4.28. The smallest absolute Gasteiger partial charge is 0.0537 e. The molecule has 0 bridgehead atoms. The highest BCUT2D eigenvalue weighted by atomic mass is 15.2. The van der Waals surface area contributed by atoms with Gasteiger partial charge in [0.25, 0.3) is 0 Å². The molecule has 1 aromatic heterocycles. The molecular weight excluding hydrogens is 210 g/mol. The van der Waals surface area contributed by atoms with Crippen molar-refractivity contribution in [3.63, 3.8) is 0 Å². The van der Waals surface area contributed by atoms with Gasteiger partial charge in [-0.3, -0.25) is 4.68 Å². The van der Waals surface area contributed by atoms with Crippen LogP contribution in [0.5, 0.6) is 0 Å². The molecule has 0 aliphatic rings. The van der Waals surface area contributed by atoms with Crippen LogP contribution in [0.25, 0.3) is 0 Å². The van der Waals surface area contributed by atoms with Crippen molar-refractivity contribution >= 4 is 0 Å². The van der Waals surface area contributed by atoms with Crippen LogP contribution in [0.1, 0.15) is 58.1 Å². The van der Waals surface area contributed by atoms with Crippen molar-refractivity contribution in [1.82, 2.24) is 15.1 Å². The van der Waals surface area contributed by atoms with E-state index in [1.165, 1.54) is 31.2 Å². The number of nitrogens with one attached hydrogen (secondary N) is 1. The molecule has 0 spiro atoms. The Hall–Kier alpha value is -0.830. The van der Waals surface area contributed by atoms with Gasteiger partial charge in [-0.2, -0.15) is 5.10 Å². The van der Waals surface area contributed by atoms with Crippen molar-refractivity contribution in [1.29, 1.82) is 0 Å². The third-order valence-electron chi connectivity index (χ3n) is 3.49. The second kappa shape index (κ2) is 7.49. The number of rotatable bonds is 8. The van der Waals surface area contributed by atoms with Crippen LogP contribution in [-0.2, 0) is 7.05 Å². The Kier molecular flexibility index (Phi) is 6.27. The average Bonchev–Trinajstić information content (AvgIpc) is 2.76. The molecule has 0 aromatic carbocycles. The van der Waals surface area contributed by atoms with Gasteiger partial charge in [0, 0.05) is 24.8 Å². The molecule has 3 nitrogen and oxygen atoms in total. The highest BCUT2D eigenvalue weighted by Crippen LogP contribution is 2.24. The number of aryl methyl sites for hydroxylation is 1. The van der Waals surface area contributed by atoms with Gasteiger partial charge < -0.3 is 5.32 Å². The lowest BCUT2D eigenvalue weighted by atomic mass is 9.92. The molecule has 1 atom stereocenters. The maximum atomic E-state index is 4.28. The third kappa shape index (κ3) is 4.50. The summed E-state index contributed by atoms with van der Waals surface area (Å²) in [7, 11) is 1.98. The summed E-state index contributed by atoms with van der Waals surface area (Å²) in [6.07, 6.45) is 9.06. The fraction of sp³-hybridized carbons (Fsp3) is 0.786. The van der Waals surface area contributed by atoms with Crippen LogP contribution in [0.2, 0.25) is 0 Å². The van der Waals surface area contributed by atoms with Crippen molar-refractivity contribution < 1.29 is 0 Å². The molecule has 1 aromatic rings. The van der Waals surface area contributed by atoms with Gasteiger partial charge in [0.2, 0.25) is 0 Å². The van der Waals surface area contributed by atoms with Gasteiger partial charge in [-0.1, -0.05) is 33.6 Å². The van der Waals surface area contributed by atoms with Crippen LogP contribution in [0, 0.1) is 5.92 Å². The number of hydrogen-bond donors (Lipinski definition) is 1. The summed E-state index contributed by atoms with van der Waals surface area (Å²) in [5.74, 6) is 0.810. The summed E-state index contributed by atoms with van der Waals surface area (Å²) in [6, 6.07) is 0.466. The fourth-order valence-corrected chi connectivity index (χ4v) is 2.23. The molecule has 3 heteroatoms. The first-order valence-corrected chi connectivity index (χ1v) is 6.93. The molecule has 0 fully saturated rings. The topological polar surface area (TPSA) is 29.9 Å². The van der Waals surface area contributed by atoms with Gasteiger partial charge in [0.15, 0.2) is 0 Å². The van der Waals surface area contributed by atoms with E-state index in [0.717, 1.165) is 12.5 Å². The molecule has 0 amide bonds. The van der Waals surface area contributed by atoms with Crippen LogP contribution in [0.15, 0.2) is 12.4 Å². The summed E-state index contributed by atoms with van der Waals surface area (Å²) >= 11 is 0. The average molecular weight is 237 g/mol.